The third-order valence-corrected chi connectivity index (χ3v) is 4.71. The van der Waals surface area contributed by atoms with Gasteiger partial charge in [-0.25, -0.2) is 0 Å². The molecule has 31 heavy (non-hydrogen) atoms. The summed E-state index contributed by atoms with van der Waals surface area (Å²) in [7, 11) is 0. The number of nitrogens with one attached hydrogen (secondary N) is 2. The number of carbonyl (C=O) groups excluding carboxylic acids is 3. The Labute approximate surface area is 184 Å². The fourth-order valence-corrected chi connectivity index (χ4v) is 3.20. The molecule has 0 saturated heterocycles. The number of likely N-dealkylation sites (N-methyl/N-ethyl adjacent to an activating group) is 1. The van der Waals surface area contributed by atoms with E-state index >= 15 is 0 Å². The molecule has 2 aromatic carbocycles. The van der Waals surface area contributed by atoms with Gasteiger partial charge in [0.1, 0.15) is 5.70 Å². The average Bonchev–Trinajstić information content (AvgIpc) is 3.04. The Morgan fingerprint density at radius 3 is 2.35 bits per heavy atom. The van der Waals surface area contributed by atoms with Gasteiger partial charge in [-0.3, -0.25) is 19.3 Å². The summed E-state index contributed by atoms with van der Waals surface area (Å²) in [4.78, 5) is 35.9. The Balaban J connectivity index is 0.000000423. The summed E-state index contributed by atoms with van der Waals surface area (Å²) in [6.07, 6.45) is 0.708. The molecule has 3 amide bonds. The van der Waals surface area contributed by atoms with Crippen LogP contribution in [0.3, 0.4) is 0 Å². The molecule has 1 heterocycles. The quantitative estimate of drug-likeness (QED) is 0.569. The van der Waals surface area contributed by atoms with Crippen molar-refractivity contribution in [1.82, 2.24) is 15.5 Å². The highest BCUT2D eigenvalue weighted by Crippen LogP contribution is 2.34. The molecule has 0 unspecified atom stereocenters. The summed E-state index contributed by atoms with van der Waals surface area (Å²) in [6, 6.07) is 13.9. The number of amides is 3. The van der Waals surface area contributed by atoms with Crippen LogP contribution in [-0.4, -0.2) is 35.2 Å². The van der Waals surface area contributed by atoms with Crippen LogP contribution >= 0.6 is 0 Å². The van der Waals surface area contributed by atoms with Crippen molar-refractivity contribution in [1.29, 1.82) is 0 Å². The molecule has 0 radical (unpaired) electrons. The number of hydrogen-bond acceptors (Lipinski definition) is 3. The molecule has 0 fully saturated rings. The lowest BCUT2D eigenvalue weighted by Gasteiger charge is -2.17. The molecule has 2 N–H and O–H groups in total. The fraction of sp³-hybridized carbons (Fsp3) is 0.320. The molecule has 0 saturated carbocycles. The first-order valence-electron chi connectivity index (χ1n) is 10.3. The van der Waals surface area contributed by atoms with Crippen LogP contribution in [0.2, 0.25) is 0 Å². The third kappa shape index (κ3) is 6.04. The van der Waals surface area contributed by atoms with Gasteiger partial charge in [-0.2, -0.15) is 0 Å². The van der Waals surface area contributed by atoms with Crippen molar-refractivity contribution in [3.05, 3.63) is 71.4 Å². The highest BCUT2D eigenvalue weighted by molar-refractivity contribution is 6.06. The minimum absolute atomic E-state index is 0.0677. The molecule has 6 heteroatoms. The maximum Gasteiger partial charge on any atom is 0.267 e. The van der Waals surface area contributed by atoms with E-state index in [-0.39, 0.29) is 23.1 Å². The average molecular weight is 422 g/mol. The number of nitrogens with zero attached hydrogens (tertiary/aromatic N) is 1. The maximum atomic E-state index is 12.7. The lowest BCUT2D eigenvalue weighted by Crippen LogP contribution is -2.34. The number of aryl methyl sites for hydroxylation is 1. The van der Waals surface area contributed by atoms with E-state index < -0.39 is 0 Å². The fourth-order valence-electron chi connectivity index (χ4n) is 3.20. The number of carbonyl (C=O) groups is 3. The SMILES string of the molecule is C=C(C(=O)NCC)N1Cc2c(cccc2-c2cccc(C)c2)C1=O.CC(C)(C)NC=O. The summed E-state index contributed by atoms with van der Waals surface area (Å²) in [5.41, 5.74) is 4.96. The Hall–Kier alpha value is -3.41. The van der Waals surface area contributed by atoms with Crippen molar-refractivity contribution in [2.45, 2.75) is 46.7 Å². The Kier molecular flexibility index (Phi) is 7.75. The lowest BCUT2D eigenvalue weighted by atomic mass is 9.96. The zero-order valence-corrected chi connectivity index (χ0v) is 18.9. The Morgan fingerprint density at radius 2 is 1.81 bits per heavy atom. The van der Waals surface area contributed by atoms with Gasteiger partial charge in [0.15, 0.2) is 0 Å². The molecule has 0 aromatic heterocycles. The number of fused-ring (bicyclic) bond motifs is 1. The lowest BCUT2D eigenvalue weighted by molar-refractivity contribution is -0.118. The molecule has 3 rings (SSSR count). The predicted molar refractivity (Wildman–Crippen MR) is 123 cm³/mol. The molecule has 0 aliphatic carbocycles. The van der Waals surface area contributed by atoms with Crippen molar-refractivity contribution < 1.29 is 14.4 Å². The van der Waals surface area contributed by atoms with E-state index in [2.05, 4.69) is 23.3 Å². The van der Waals surface area contributed by atoms with E-state index in [4.69, 9.17) is 0 Å². The predicted octanol–water partition coefficient (Wildman–Crippen LogP) is 3.80. The van der Waals surface area contributed by atoms with Gasteiger partial charge < -0.3 is 10.6 Å². The van der Waals surface area contributed by atoms with Gasteiger partial charge in [-0.05, 0) is 57.4 Å². The first kappa shape index (κ1) is 23.9. The van der Waals surface area contributed by atoms with Crippen LogP contribution in [0.15, 0.2) is 54.7 Å². The van der Waals surface area contributed by atoms with Crippen LogP contribution in [-0.2, 0) is 16.1 Å². The topological polar surface area (TPSA) is 78.5 Å². The van der Waals surface area contributed by atoms with Crippen LogP contribution in [0.1, 0.15) is 49.2 Å². The van der Waals surface area contributed by atoms with Crippen molar-refractivity contribution in [3.63, 3.8) is 0 Å². The Bertz CT molecular complexity index is 990. The third-order valence-electron chi connectivity index (χ3n) is 4.71. The van der Waals surface area contributed by atoms with Crippen molar-refractivity contribution in [3.8, 4) is 11.1 Å². The monoisotopic (exact) mass is 421 g/mol. The van der Waals surface area contributed by atoms with Gasteiger partial charge in [0, 0.05) is 17.6 Å². The normalized spacial score (nSPS) is 12.4. The zero-order valence-electron chi connectivity index (χ0n) is 18.9. The molecule has 2 aromatic rings. The largest absolute Gasteiger partial charge is 0.354 e. The van der Waals surface area contributed by atoms with E-state index in [0.717, 1.165) is 22.3 Å². The zero-order chi connectivity index (χ0) is 23.2. The molecular formula is C25H31N3O3. The van der Waals surface area contributed by atoms with Crippen LogP contribution in [0.25, 0.3) is 11.1 Å². The summed E-state index contributed by atoms with van der Waals surface area (Å²) >= 11 is 0. The number of benzene rings is 2. The van der Waals surface area contributed by atoms with Crippen LogP contribution in [0, 0.1) is 6.92 Å². The molecule has 164 valence electrons. The summed E-state index contributed by atoms with van der Waals surface area (Å²) in [5.74, 6) is -0.480. The number of hydrogen-bond donors (Lipinski definition) is 2. The first-order chi connectivity index (χ1) is 14.6. The van der Waals surface area contributed by atoms with Gasteiger partial charge in [0.25, 0.3) is 11.8 Å². The van der Waals surface area contributed by atoms with Crippen LogP contribution < -0.4 is 10.6 Å². The van der Waals surface area contributed by atoms with Gasteiger partial charge in [0.2, 0.25) is 6.41 Å². The second-order valence-electron chi connectivity index (χ2n) is 8.41. The molecule has 0 spiro atoms. The van der Waals surface area contributed by atoms with E-state index in [9.17, 15) is 14.4 Å². The van der Waals surface area contributed by atoms with E-state index in [0.29, 0.717) is 25.1 Å². The second kappa shape index (κ2) is 10.1. The maximum absolute atomic E-state index is 12.7. The van der Waals surface area contributed by atoms with Gasteiger partial charge >= 0.3 is 0 Å². The minimum atomic E-state index is -0.309. The van der Waals surface area contributed by atoms with E-state index in [1.807, 2.05) is 71.0 Å². The molecule has 0 atom stereocenters. The summed E-state index contributed by atoms with van der Waals surface area (Å²) in [6.45, 7) is 14.3. The molecule has 1 aliphatic heterocycles. The first-order valence-corrected chi connectivity index (χ1v) is 10.3. The molecular weight excluding hydrogens is 390 g/mol. The molecule has 0 bridgehead atoms. The summed E-state index contributed by atoms with van der Waals surface area (Å²) in [5, 5.41) is 5.30. The minimum Gasteiger partial charge on any atom is -0.354 e. The molecule has 6 nitrogen and oxygen atoms in total. The molecule has 1 aliphatic rings. The summed E-state index contributed by atoms with van der Waals surface area (Å²) < 4.78 is 0. The highest BCUT2D eigenvalue weighted by atomic mass is 16.2. The van der Waals surface area contributed by atoms with Crippen LogP contribution in [0.5, 0.6) is 0 Å². The van der Waals surface area contributed by atoms with E-state index in [1.54, 1.807) is 0 Å². The Morgan fingerprint density at radius 1 is 1.16 bits per heavy atom. The van der Waals surface area contributed by atoms with Gasteiger partial charge in [-0.1, -0.05) is 48.5 Å². The second-order valence-corrected chi connectivity index (χ2v) is 8.41. The van der Waals surface area contributed by atoms with Crippen molar-refractivity contribution >= 4 is 18.2 Å². The van der Waals surface area contributed by atoms with Gasteiger partial charge in [-0.15, -0.1) is 0 Å². The van der Waals surface area contributed by atoms with Gasteiger partial charge in [0.05, 0.1) is 6.54 Å². The number of rotatable bonds is 5. The van der Waals surface area contributed by atoms with E-state index in [1.165, 1.54) is 4.90 Å². The van der Waals surface area contributed by atoms with Crippen molar-refractivity contribution in [2.75, 3.05) is 6.54 Å². The standard InChI is InChI=1S/C20H20N2O2.C5H11NO/c1-4-21-19(23)14(3)22-12-18-16(9-6-10-17(18)20(22)24)15-8-5-7-13(2)11-15;1-5(2,3)6-4-7/h5-11H,3-4,12H2,1-2H3,(H,21,23);4H,1-3H3,(H,6,7). The van der Waals surface area contributed by atoms with Crippen LogP contribution in [0.4, 0.5) is 0 Å². The van der Waals surface area contributed by atoms with Crippen molar-refractivity contribution in [2.24, 2.45) is 0 Å². The smallest absolute Gasteiger partial charge is 0.267 e. The highest BCUT2D eigenvalue weighted by Gasteiger charge is 2.33.